The summed E-state index contributed by atoms with van der Waals surface area (Å²) in [4.78, 5) is 23.3. The Morgan fingerprint density at radius 1 is 0.923 bits per heavy atom. The molecule has 0 aliphatic carbocycles. The van der Waals surface area contributed by atoms with Crippen molar-refractivity contribution in [2.45, 2.75) is 6.92 Å². The van der Waals surface area contributed by atoms with Gasteiger partial charge in [0.15, 0.2) is 0 Å². The number of anilines is 3. The van der Waals surface area contributed by atoms with Crippen molar-refractivity contribution in [1.82, 2.24) is 0 Å². The van der Waals surface area contributed by atoms with Crippen LogP contribution in [0.5, 0.6) is 0 Å². The van der Waals surface area contributed by atoms with Crippen molar-refractivity contribution >= 4 is 39.6 Å². The van der Waals surface area contributed by atoms with E-state index in [1.54, 1.807) is 0 Å². The summed E-state index contributed by atoms with van der Waals surface area (Å²) in [5.74, 6) is -1.06. The largest absolute Gasteiger partial charge is 0.374 e. The maximum atomic E-state index is 13.9. The molecule has 3 aromatic carbocycles. The lowest BCUT2D eigenvalue weighted by Gasteiger charge is -2.12. The second-order valence-electron chi connectivity index (χ2n) is 5.80. The Morgan fingerprint density at radius 2 is 1.69 bits per heavy atom. The zero-order valence-corrected chi connectivity index (χ0v) is 14.2. The van der Waals surface area contributed by atoms with E-state index in [1.807, 2.05) is 42.5 Å². The number of carbonyl (C=O) groups excluding carboxylic acids is 2. The molecule has 0 saturated heterocycles. The van der Waals surface area contributed by atoms with Crippen molar-refractivity contribution in [3.05, 3.63) is 66.5 Å². The van der Waals surface area contributed by atoms with E-state index in [0.29, 0.717) is 11.4 Å². The molecule has 0 aromatic heterocycles. The van der Waals surface area contributed by atoms with Crippen molar-refractivity contribution in [3.8, 4) is 0 Å². The van der Waals surface area contributed by atoms with E-state index in [2.05, 4.69) is 16.0 Å². The predicted octanol–water partition coefficient (Wildman–Crippen LogP) is 3.99. The van der Waals surface area contributed by atoms with Gasteiger partial charge in [0.25, 0.3) is 0 Å². The zero-order chi connectivity index (χ0) is 18.5. The van der Waals surface area contributed by atoms with Gasteiger partial charge in [0.1, 0.15) is 5.82 Å². The normalized spacial score (nSPS) is 10.4. The predicted molar refractivity (Wildman–Crippen MR) is 102 cm³/mol. The summed E-state index contributed by atoms with van der Waals surface area (Å²) in [7, 11) is 0. The van der Waals surface area contributed by atoms with Gasteiger partial charge in [-0.3, -0.25) is 9.59 Å². The van der Waals surface area contributed by atoms with E-state index in [1.165, 1.54) is 25.1 Å². The van der Waals surface area contributed by atoms with Crippen molar-refractivity contribution in [3.63, 3.8) is 0 Å². The average Bonchev–Trinajstić information content (AvgIpc) is 2.62. The number of halogens is 1. The highest BCUT2D eigenvalue weighted by molar-refractivity contribution is 6.03. The number of amides is 2. The third-order valence-electron chi connectivity index (χ3n) is 3.79. The summed E-state index contributed by atoms with van der Waals surface area (Å²) in [5.41, 5.74) is 1.29. The van der Waals surface area contributed by atoms with Crippen LogP contribution in [0, 0.1) is 5.82 Å². The van der Waals surface area contributed by atoms with Crippen LogP contribution in [0.2, 0.25) is 0 Å². The first-order valence-corrected chi connectivity index (χ1v) is 8.11. The van der Waals surface area contributed by atoms with Crippen LogP contribution in [-0.4, -0.2) is 18.4 Å². The number of rotatable bonds is 5. The monoisotopic (exact) mass is 351 g/mol. The van der Waals surface area contributed by atoms with Gasteiger partial charge in [-0.25, -0.2) is 4.39 Å². The summed E-state index contributed by atoms with van der Waals surface area (Å²) >= 11 is 0. The lowest BCUT2D eigenvalue weighted by molar-refractivity contribution is -0.115. The van der Waals surface area contributed by atoms with Crippen LogP contribution in [0.4, 0.5) is 21.5 Å². The molecular weight excluding hydrogens is 333 g/mol. The van der Waals surface area contributed by atoms with Crippen LogP contribution < -0.4 is 16.0 Å². The van der Waals surface area contributed by atoms with Gasteiger partial charge in [-0.1, -0.05) is 36.4 Å². The topological polar surface area (TPSA) is 70.2 Å². The first-order chi connectivity index (χ1) is 12.5. The van der Waals surface area contributed by atoms with Crippen LogP contribution in [0.1, 0.15) is 6.92 Å². The smallest absolute Gasteiger partial charge is 0.243 e. The molecule has 5 nitrogen and oxygen atoms in total. The highest BCUT2D eigenvalue weighted by Crippen LogP contribution is 2.23. The lowest BCUT2D eigenvalue weighted by atomic mass is 10.1. The summed E-state index contributed by atoms with van der Waals surface area (Å²) in [6, 6.07) is 17.5. The minimum Gasteiger partial charge on any atom is -0.374 e. The van der Waals surface area contributed by atoms with E-state index in [-0.39, 0.29) is 24.0 Å². The molecule has 6 heteroatoms. The highest BCUT2D eigenvalue weighted by atomic mass is 19.1. The third kappa shape index (κ3) is 4.16. The van der Waals surface area contributed by atoms with E-state index >= 15 is 0 Å². The van der Waals surface area contributed by atoms with E-state index in [4.69, 9.17) is 0 Å². The third-order valence-corrected chi connectivity index (χ3v) is 3.79. The number of hydrogen-bond donors (Lipinski definition) is 3. The SMILES string of the molecule is CC(=O)Nc1ccc(F)c(NCC(=O)Nc2cccc3ccccc23)c1. The highest BCUT2D eigenvalue weighted by Gasteiger charge is 2.09. The van der Waals surface area contributed by atoms with Gasteiger partial charge in [0, 0.05) is 23.7 Å². The second-order valence-corrected chi connectivity index (χ2v) is 5.80. The van der Waals surface area contributed by atoms with Crippen LogP contribution in [0.3, 0.4) is 0 Å². The number of fused-ring (bicyclic) bond motifs is 1. The minimum absolute atomic E-state index is 0.107. The van der Waals surface area contributed by atoms with E-state index < -0.39 is 5.82 Å². The second kappa shape index (κ2) is 7.65. The lowest BCUT2D eigenvalue weighted by Crippen LogP contribution is -2.22. The van der Waals surface area contributed by atoms with Crippen molar-refractivity contribution in [1.29, 1.82) is 0 Å². The fourth-order valence-electron chi connectivity index (χ4n) is 2.65. The Bertz CT molecular complexity index is 967. The van der Waals surface area contributed by atoms with Crippen LogP contribution in [0.25, 0.3) is 10.8 Å². The maximum Gasteiger partial charge on any atom is 0.243 e. The van der Waals surface area contributed by atoms with E-state index in [0.717, 1.165) is 10.8 Å². The molecular formula is C20H18FN3O2. The molecule has 3 N–H and O–H groups in total. The molecule has 0 atom stereocenters. The van der Waals surface area contributed by atoms with Crippen LogP contribution >= 0.6 is 0 Å². The number of carbonyl (C=O) groups is 2. The number of nitrogens with one attached hydrogen (secondary N) is 3. The number of benzene rings is 3. The summed E-state index contributed by atoms with van der Waals surface area (Å²) < 4.78 is 13.9. The molecule has 0 spiro atoms. The first kappa shape index (κ1) is 17.4. The molecule has 0 saturated carbocycles. The van der Waals surface area contributed by atoms with Crippen molar-refractivity contribution in [2.75, 3.05) is 22.5 Å². The molecule has 3 aromatic rings. The van der Waals surface area contributed by atoms with Crippen LogP contribution in [-0.2, 0) is 9.59 Å². The summed E-state index contributed by atoms with van der Waals surface area (Å²) in [6.45, 7) is 1.26. The molecule has 0 aliphatic heterocycles. The Hall–Kier alpha value is -3.41. The van der Waals surface area contributed by atoms with Crippen molar-refractivity contribution in [2.24, 2.45) is 0 Å². The summed E-state index contributed by atoms with van der Waals surface area (Å²) in [6.07, 6.45) is 0. The minimum atomic E-state index is -0.503. The molecule has 0 aliphatic rings. The molecule has 2 amide bonds. The zero-order valence-electron chi connectivity index (χ0n) is 14.2. The Labute approximate surface area is 150 Å². The molecule has 0 heterocycles. The Balaban J connectivity index is 1.68. The van der Waals surface area contributed by atoms with E-state index in [9.17, 15) is 14.0 Å². The standard InChI is InChI=1S/C20H18FN3O2/c1-13(25)23-15-9-10-17(21)19(11-15)22-12-20(26)24-18-8-4-6-14-5-2-3-7-16(14)18/h2-11,22H,12H2,1H3,(H,23,25)(H,24,26). The van der Waals surface area contributed by atoms with Crippen molar-refractivity contribution < 1.29 is 14.0 Å². The van der Waals surface area contributed by atoms with Gasteiger partial charge in [-0.2, -0.15) is 0 Å². The molecule has 0 fully saturated rings. The van der Waals surface area contributed by atoms with Gasteiger partial charge in [0.05, 0.1) is 12.2 Å². The van der Waals surface area contributed by atoms with Gasteiger partial charge >= 0.3 is 0 Å². The average molecular weight is 351 g/mol. The van der Waals surface area contributed by atoms with Gasteiger partial charge in [-0.05, 0) is 29.7 Å². The van der Waals surface area contributed by atoms with Gasteiger partial charge in [-0.15, -0.1) is 0 Å². The van der Waals surface area contributed by atoms with Crippen LogP contribution in [0.15, 0.2) is 60.7 Å². The molecule has 26 heavy (non-hydrogen) atoms. The molecule has 0 bridgehead atoms. The fourth-order valence-corrected chi connectivity index (χ4v) is 2.65. The fraction of sp³-hybridized carbons (Fsp3) is 0.100. The van der Waals surface area contributed by atoms with Gasteiger partial charge in [0.2, 0.25) is 11.8 Å². The maximum absolute atomic E-state index is 13.9. The Kier molecular flexibility index (Phi) is 5.12. The molecule has 132 valence electrons. The number of hydrogen-bond acceptors (Lipinski definition) is 3. The Morgan fingerprint density at radius 3 is 2.50 bits per heavy atom. The first-order valence-electron chi connectivity index (χ1n) is 8.11. The molecule has 3 rings (SSSR count). The molecule has 0 unspecified atom stereocenters. The van der Waals surface area contributed by atoms with Gasteiger partial charge < -0.3 is 16.0 Å². The summed E-state index contributed by atoms with van der Waals surface area (Å²) in [5, 5.41) is 10.1. The quantitative estimate of drug-likeness (QED) is 0.651. The molecule has 0 radical (unpaired) electrons.